The Hall–Kier alpha value is -2.62. The van der Waals surface area contributed by atoms with Gasteiger partial charge in [0.15, 0.2) is 0 Å². The van der Waals surface area contributed by atoms with Gasteiger partial charge in [-0.1, -0.05) is 24.3 Å². The van der Waals surface area contributed by atoms with E-state index in [1.165, 1.54) is 0 Å². The first-order chi connectivity index (χ1) is 8.75. The summed E-state index contributed by atoms with van der Waals surface area (Å²) in [5.41, 5.74) is 8.68. The quantitative estimate of drug-likeness (QED) is 0.718. The zero-order valence-electron chi connectivity index (χ0n) is 9.55. The molecule has 1 amide bonds. The summed E-state index contributed by atoms with van der Waals surface area (Å²) in [5.74, 6) is -0.419. The van der Waals surface area contributed by atoms with Crippen LogP contribution in [-0.2, 0) is 0 Å². The normalized spacial score (nSPS) is 10.7. The average molecular weight is 237 g/mol. The van der Waals surface area contributed by atoms with E-state index in [4.69, 9.17) is 5.73 Å². The number of H-pyrrole nitrogens is 1. The molecule has 0 radical (unpaired) electrons. The molecule has 3 rings (SSSR count). The Morgan fingerprint density at radius 2 is 2.00 bits per heavy atom. The third kappa shape index (κ3) is 1.64. The molecule has 0 aliphatic carbocycles. The minimum Gasteiger partial charge on any atom is -0.366 e. The van der Waals surface area contributed by atoms with Gasteiger partial charge in [-0.05, 0) is 29.3 Å². The molecule has 1 aromatic heterocycles. The summed E-state index contributed by atoms with van der Waals surface area (Å²) in [4.78, 5) is 11.4. The van der Waals surface area contributed by atoms with Crippen LogP contribution in [0.3, 0.4) is 0 Å². The topological polar surface area (TPSA) is 71.8 Å². The molecule has 3 N–H and O–H groups in total. The molecule has 3 aromatic rings. The van der Waals surface area contributed by atoms with E-state index in [2.05, 4.69) is 10.2 Å². The Kier molecular flexibility index (Phi) is 2.34. The van der Waals surface area contributed by atoms with Crippen LogP contribution in [-0.4, -0.2) is 16.1 Å². The number of nitrogens with one attached hydrogen (secondary N) is 1. The molecule has 0 atom stereocenters. The van der Waals surface area contributed by atoms with Crippen molar-refractivity contribution in [3.8, 4) is 11.1 Å². The van der Waals surface area contributed by atoms with E-state index in [9.17, 15) is 4.79 Å². The summed E-state index contributed by atoms with van der Waals surface area (Å²) in [6.45, 7) is 0. The summed E-state index contributed by atoms with van der Waals surface area (Å²) >= 11 is 0. The lowest BCUT2D eigenvalue weighted by molar-refractivity contribution is 0.100. The number of amides is 1. The van der Waals surface area contributed by atoms with Crippen LogP contribution in [0.5, 0.6) is 0 Å². The van der Waals surface area contributed by atoms with E-state index >= 15 is 0 Å². The smallest absolute Gasteiger partial charge is 0.249 e. The van der Waals surface area contributed by atoms with E-state index in [0.717, 1.165) is 22.0 Å². The zero-order chi connectivity index (χ0) is 12.5. The predicted molar refractivity (Wildman–Crippen MR) is 70.0 cm³/mol. The van der Waals surface area contributed by atoms with Crippen LogP contribution in [0.2, 0.25) is 0 Å². The molecule has 0 unspecified atom stereocenters. The largest absolute Gasteiger partial charge is 0.366 e. The molecular weight excluding hydrogens is 226 g/mol. The molecular formula is C14H11N3O. The van der Waals surface area contributed by atoms with E-state index in [1.807, 2.05) is 30.3 Å². The minimum atomic E-state index is -0.419. The van der Waals surface area contributed by atoms with Crippen LogP contribution in [0.4, 0.5) is 0 Å². The number of rotatable bonds is 2. The second-order valence-electron chi connectivity index (χ2n) is 4.08. The number of hydrogen-bond donors (Lipinski definition) is 2. The predicted octanol–water partition coefficient (Wildman–Crippen LogP) is 2.33. The maximum atomic E-state index is 11.4. The summed E-state index contributed by atoms with van der Waals surface area (Å²) in [7, 11) is 0. The van der Waals surface area contributed by atoms with Crippen molar-refractivity contribution < 1.29 is 4.79 Å². The van der Waals surface area contributed by atoms with Gasteiger partial charge in [0, 0.05) is 10.9 Å². The maximum Gasteiger partial charge on any atom is 0.249 e. The number of primary amides is 1. The average Bonchev–Trinajstić information content (AvgIpc) is 2.85. The molecule has 0 aliphatic rings. The second kappa shape index (κ2) is 4.00. The van der Waals surface area contributed by atoms with Gasteiger partial charge in [-0.15, -0.1) is 0 Å². The Bertz CT molecular complexity index is 730. The number of nitrogens with zero attached hydrogens (tertiary/aromatic N) is 1. The number of nitrogens with two attached hydrogens (primary N) is 1. The van der Waals surface area contributed by atoms with Crippen LogP contribution in [0.25, 0.3) is 22.0 Å². The van der Waals surface area contributed by atoms with Crippen molar-refractivity contribution in [2.45, 2.75) is 0 Å². The van der Waals surface area contributed by atoms with Crippen molar-refractivity contribution in [1.82, 2.24) is 10.2 Å². The molecule has 2 aromatic carbocycles. The monoisotopic (exact) mass is 237 g/mol. The fraction of sp³-hybridized carbons (Fsp3) is 0. The van der Waals surface area contributed by atoms with Crippen molar-refractivity contribution in [3.05, 3.63) is 54.2 Å². The number of carbonyl (C=O) groups is 1. The van der Waals surface area contributed by atoms with Gasteiger partial charge in [0.2, 0.25) is 5.91 Å². The van der Waals surface area contributed by atoms with E-state index in [0.29, 0.717) is 5.56 Å². The molecule has 18 heavy (non-hydrogen) atoms. The lowest BCUT2D eigenvalue weighted by atomic mass is 9.98. The van der Waals surface area contributed by atoms with Gasteiger partial charge in [0.1, 0.15) is 0 Å². The highest BCUT2D eigenvalue weighted by Gasteiger charge is 2.09. The standard InChI is InChI=1S/C14H11N3O/c15-14(18)12-4-2-1-3-11(12)9-5-6-13-10(7-9)8-16-17-13/h1-8H,(H2,15,18)(H,16,17). The fourth-order valence-electron chi connectivity index (χ4n) is 2.06. The van der Waals surface area contributed by atoms with Crippen molar-refractivity contribution in [1.29, 1.82) is 0 Å². The highest BCUT2D eigenvalue weighted by atomic mass is 16.1. The van der Waals surface area contributed by atoms with Crippen LogP contribution >= 0.6 is 0 Å². The van der Waals surface area contributed by atoms with Crippen molar-refractivity contribution >= 4 is 16.8 Å². The Labute approximate surface area is 103 Å². The highest BCUT2D eigenvalue weighted by Crippen LogP contribution is 2.26. The van der Waals surface area contributed by atoms with Crippen LogP contribution in [0.15, 0.2) is 48.7 Å². The van der Waals surface area contributed by atoms with Crippen LogP contribution < -0.4 is 5.73 Å². The van der Waals surface area contributed by atoms with Crippen molar-refractivity contribution in [2.75, 3.05) is 0 Å². The molecule has 4 heteroatoms. The minimum absolute atomic E-state index is 0.419. The first-order valence-corrected chi connectivity index (χ1v) is 5.58. The molecule has 0 saturated heterocycles. The Morgan fingerprint density at radius 3 is 2.83 bits per heavy atom. The Morgan fingerprint density at radius 1 is 1.17 bits per heavy atom. The zero-order valence-corrected chi connectivity index (χ0v) is 9.55. The number of hydrogen-bond acceptors (Lipinski definition) is 2. The lowest BCUT2D eigenvalue weighted by Gasteiger charge is -2.06. The number of aromatic nitrogens is 2. The first-order valence-electron chi connectivity index (χ1n) is 5.58. The lowest BCUT2D eigenvalue weighted by Crippen LogP contribution is -2.12. The number of fused-ring (bicyclic) bond motifs is 1. The molecule has 4 nitrogen and oxygen atoms in total. The van der Waals surface area contributed by atoms with Gasteiger partial charge < -0.3 is 5.73 Å². The van der Waals surface area contributed by atoms with Crippen LogP contribution in [0.1, 0.15) is 10.4 Å². The summed E-state index contributed by atoms with van der Waals surface area (Å²) in [6.07, 6.45) is 1.76. The summed E-state index contributed by atoms with van der Waals surface area (Å²) < 4.78 is 0. The first kappa shape index (κ1) is 10.5. The molecule has 0 fully saturated rings. The van der Waals surface area contributed by atoms with Gasteiger partial charge in [-0.2, -0.15) is 5.10 Å². The fourth-order valence-corrected chi connectivity index (χ4v) is 2.06. The van der Waals surface area contributed by atoms with Gasteiger partial charge in [0.25, 0.3) is 0 Å². The SMILES string of the molecule is NC(=O)c1ccccc1-c1ccc2[nH]ncc2c1. The Balaban J connectivity index is 2.22. The summed E-state index contributed by atoms with van der Waals surface area (Å²) in [6, 6.07) is 13.2. The number of carbonyl (C=O) groups excluding carboxylic acids is 1. The molecule has 1 heterocycles. The molecule has 0 saturated carbocycles. The molecule has 0 aliphatic heterocycles. The van der Waals surface area contributed by atoms with E-state index < -0.39 is 5.91 Å². The molecule has 0 spiro atoms. The van der Waals surface area contributed by atoms with Gasteiger partial charge in [0.05, 0.1) is 11.7 Å². The molecule has 0 bridgehead atoms. The van der Waals surface area contributed by atoms with Crippen molar-refractivity contribution in [2.24, 2.45) is 5.73 Å². The van der Waals surface area contributed by atoms with E-state index in [-0.39, 0.29) is 0 Å². The van der Waals surface area contributed by atoms with Gasteiger partial charge in [-0.3, -0.25) is 9.89 Å². The third-order valence-corrected chi connectivity index (χ3v) is 2.94. The third-order valence-electron chi connectivity index (χ3n) is 2.94. The van der Waals surface area contributed by atoms with Gasteiger partial charge in [-0.25, -0.2) is 0 Å². The van der Waals surface area contributed by atoms with Crippen LogP contribution in [0, 0.1) is 0 Å². The summed E-state index contributed by atoms with van der Waals surface area (Å²) in [5, 5.41) is 7.88. The highest BCUT2D eigenvalue weighted by molar-refractivity contribution is 6.00. The van der Waals surface area contributed by atoms with Gasteiger partial charge >= 0.3 is 0 Å². The number of aromatic amines is 1. The maximum absolute atomic E-state index is 11.4. The molecule has 88 valence electrons. The van der Waals surface area contributed by atoms with E-state index in [1.54, 1.807) is 18.3 Å². The number of benzene rings is 2. The van der Waals surface area contributed by atoms with Crippen molar-refractivity contribution in [3.63, 3.8) is 0 Å². The second-order valence-corrected chi connectivity index (χ2v) is 4.08.